The van der Waals surface area contributed by atoms with Crippen molar-refractivity contribution in [2.24, 2.45) is 0 Å². The zero-order valence-corrected chi connectivity index (χ0v) is 6.19. The number of aliphatic hydroxyl groups is 1. The zero-order valence-electron chi connectivity index (χ0n) is 4.67. The Morgan fingerprint density at radius 1 is 1.78 bits per heavy atom. The largest absolute Gasteiger partial charge is 0.422 e. The quantitative estimate of drug-likeness (QED) is 0.389. The van der Waals surface area contributed by atoms with Crippen LogP contribution in [0.1, 0.15) is 6.92 Å². The van der Waals surface area contributed by atoms with Gasteiger partial charge in [-0.05, 0) is 6.92 Å². The van der Waals surface area contributed by atoms with Gasteiger partial charge in [-0.3, -0.25) is 0 Å². The van der Waals surface area contributed by atoms with E-state index in [1.807, 2.05) is 0 Å². The fourth-order valence-corrected chi connectivity index (χ4v) is 0.331. The Morgan fingerprint density at radius 2 is 2.22 bits per heavy atom. The maximum absolute atomic E-state index is 9.88. The summed E-state index contributed by atoms with van der Waals surface area (Å²) in [5.74, 6) is 0. The van der Waals surface area contributed by atoms with E-state index < -0.39 is 17.1 Å². The molecule has 0 amide bonds. The molecule has 0 aromatic heterocycles. The number of halogens is 2. The summed E-state index contributed by atoms with van der Waals surface area (Å²) in [6.45, 7) is 1.48. The number of hydrogen-bond donors (Lipinski definition) is 1. The van der Waals surface area contributed by atoms with Crippen molar-refractivity contribution in [3.8, 4) is 0 Å². The van der Waals surface area contributed by atoms with Crippen LogP contribution < -0.4 is 0 Å². The Kier molecular flexibility index (Phi) is 3.93. The van der Waals surface area contributed by atoms with Gasteiger partial charge in [0.1, 0.15) is 0 Å². The third kappa shape index (κ3) is 4.51. The first kappa shape index (κ1) is 9.01. The summed E-state index contributed by atoms with van der Waals surface area (Å²) in [4.78, 5) is 9.88. The van der Waals surface area contributed by atoms with Gasteiger partial charge in [0.05, 0.1) is 5.38 Å². The van der Waals surface area contributed by atoms with Gasteiger partial charge in [0.25, 0.3) is 0 Å². The molecule has 54 valence electrons. The highest BCUT2D eigenvalue weighted by Crippen LogP contribution is 2.04. The standard InChI is InChI=1S/C4H6Cl2O3/c1-2(5)3(7)9-4(6)8/h2-3,7H,1H3. The molecule has 9 heavy (non-hydrogen) atoms. The van der Waals surface area contributed by atoms with Crippen LogP contribution in [0.3, 0.4) is 0 Å². The van der Waals surface area contributed by atoms with Crippen molar-refractivity contribution in [3.63, 3.8) is 0 Å². The molecule has 0 fully saturated rings. The van der Waals surface area contributed by atoms with E-state index in [-0.39, 0.29) is 0 Å². The van der Waals surface area contributed by atoms with E-state index in [0.717, 1.165) is 0 Å². The van der Waals surface area contributed by atoms with Crippen molar-refractivity contribution in [1.82, 2.24) is 0 Å². The molecule has 0 aliphatic heterocycles. The van der Waals surface area contributed by atoms with Crippen molar-refractivity contribution < 1.29 is 14.6 Å². The Bertz CT molecular complexity index is 104. The van der Waals surface area contributed by atoms with E-state index in [1.54, 1.807) is 0 Å². The molecule has 1 N–H and O–H groups in total. The molecule has 0 aromatic rings. The summed E-state index contributed by atoms with van der Waals surface area (Å²) in [6, 6.07) is 0. The minimum absolute atomic E-state index is 0.646. The van der Waals surface area contributed by atoms with Crippen molar-refractivity contribution in [1.29, 1.82) is 0 Å². The van der Waals surface area contributed by atoms with Crippen LogP contribution in [-0.4, -0.2) is 22.2 Å². The topological polar surface area (TPSA) is 46.5 Å². The predicted molar refractivity (Wildman–Crippen MR) is 33.7 cm³/mol. The molecule has 5 heteroatoms. The molecule has 0 saturated carbocycles. The lowest BCUT2D eigenvalue weighted by Crippen LogP contribution is -2.22. The Hall–Kier alpha value is 0.01000. The first-order valence-electron chi connectivity index (χ1n) is 2.22. The smallest absolute Gasteiger partial charge is 0.406 e. The molecule has 0 rings (SSSR count). The summed E-state index contributed by atoms with van der Waals surface area (Å²) < 4.78 is 4.06. The Balaban J connectivity index is 3.50. The van der Waals surface area contributed by atoms with Crippen LogP contribution in [0.2, 0.25) is 0 Å². The van der Waals surface area contributed by atoms with Crippen molar-refractivity contribution in [2.45, 2.75) is 18.6 Å². The Labute approximate surface area is 62.5 Å². The minimum Gasteiger partial charge on any atom is -0.422 e. The lowest BCUT2D eigenvalue weighted by Gasteiger charge is -2.10. The van der Waals surface area contributed by atoms with E-state index in [9.17, 15) is 4.79 Å². The number of aliphatic hydroxyl groups excluding tert-OH is 1. The Morgan fingerprint density at radius 3 is 2.33 bits per heavy atom. The van der Waals surface area contributed by atoms with E-state index >= 15 is 0 Å². The van der Waals surface area contributed by atoms with Gasteiger partial charge in [0.2, 0.25) is 6.29 Å². The third-order valence-corrected chi connectivity index (χ3v) is 0.911. The number of alkyl halides is 1. The van der Waals surface area contributed by atoms with Crippen LogP contribution in [0.25, 0.3) is 0 Å². The molecule has 3 nitrogen and oxygen atoms in total. The second-order valence-electron chi connectivity index (χ2n) is 1.42. The van der Waals surface area contributed by atoms with Crippen LogP contribution in [0.4, 0.5) is 4.79 Å². The van der Waals surface area contributed by atoms with Crippen LogP contribution in [-0.2, 0) is 4.74 Å². The number of hydrogen-bond acceptors (Lipinski definition) is 3. The summed E-state index contributed by atoms with van der Waals surface area (Å²) >= 11 is 10.0. The lowest BCUT2D eigenvalue weighted by atomic mass is 10.5. The average molecular weight is 173 g/mol. The van der Waals surface area contributed by atoms with E-state index in [1.165, 1.54) is 6.92 Å². The zero-order chi connectivity index (χ0) is 7.44. The summed E-state index contributed by atoms with van der Waals surface area (Å²) in [5, 5.41) is 7.99. The van der Waals surface area contributed by atoms with Gasteiger partial charge in [-0.25, -0.2) is 4.79 Å². The van der Waals surface area contributed by atoms with Gasteiger partial charge in [0, 0.05) is 11.6 Å². The minimum atomic E-state index is -1.32. The molecule has 0 bridgehead atoms. The second kappa shape index (κ2) is 3.93. The average Bonchev–Trinajstić information content (AvgIpc) is 1.63. The molecule has 0 aliphatic rings. The third-order valence-electron chi connectivity index (χ3n) is 0.606. The molecule has 0 saturated heterocycles. The van der Waals surface area contributed by atoms with Crippen LogP contribution >= 0.6 is 23.2 Å². The number of carbonyl (C=O) groups excluding carboxylic acids is 1. The van der Waals surface area contributed by atoms with Crippen molar-refractivity contribution in [3.05, 3.63) is 0 Å². The highest BCUT2D eigenvalue weighted by atomic mass is 35.5. The van der Waals surface area contributed by atoms with Gasteiger partial charge in [-0.2, -0.15) is 0 Å². The van der Waals surface area contributed by atoms with Gasteiger partial charge < -0.3 is 9.84 Å². The van der Waals surface area contributed by atoms with Gasteiger partial charge in [-0.1, -0.05) is 0 Å². The predicted octanol–water partition coefficient (Wildman–Crippen LogP) is 1.31. The van der Waals surface area contributed by atoms with E-state index in [2.05, 4.69) is 4.74 Å². The highest BCUT2D eigenvalue weighted by Gasteiger charge is 2.13. The fraction of sp³-hybridized carbons (Fsp3) is 0.750. The molecule has 0 heterocycles. The lowest BCUT2D eigenvalue weighted by molar-refractivity contribution is -0.0406. The molecule has 0 spiro atoms. The van der Waals surface area contributed by atoms with Crippen LogP contribution in [0.5, 0.6) is 0 Å². The second-order valence-corrected chi connectivity index (χ2v) is 2.42. The summed E-state index contributed by atoms with van der Waals surface area (Å²) in [6.07, 6.45) is -1.32. The maximum Gasteiger partial charge on any atom is 0.406 e. The fourth-order valence-electron chi connectivity index (χ4n) is 0.189. The normalized spacial score (nSPS) is 16.4. The van der Waals surface area contributed by atoms with Crippen molar-refractivity contribution >= 4 is 28.6 Å². The first-order valence-corrected chi connectivity index (χ1v) is 3.03. The molecular formula is C4H6Cl2O3. The molecule has 2 atom stereocenters. The number of carbonyl (C=O) groups is 1. The monoisotopic (exact) mass is 172 g/mol. The van der Waals surface area contributed by atoms with E-state index in [0.29, 0.717) is 0 Å². The summed E-state index contributed by atoms with van der Waals surface area (Å²) in [7, 11) is 0. The highest BCUT2D eigenvalue weighted by molar-refractivity contribution is 6.61. The molecule has 0 aromatic carbocycles. The molecule has 0 aliphatic carbocycles. The van der Waals surface area contributed by atoms with Crippen LogP contribution in [0, 0.1) is 0 Å². The van der Waals surface area contributed by atoms with E-state index in [4.69, 9.17) is 28.3 Å². The van der Waals surface area contributed by atoms with Gasteiger partial charge >= 0.3 is 5.43 Å². The molecular weight excluding hydrogens is 167 g/mol. The van der Waals surface area contributed by atoms with Crippen LogP contribution in [0.15, 0.2) is 0 Å². The van der Waals surface area contributed by atoms with Crippen molar-refractivity contribution in [2.75, 3.05) is 0 Å². The van der Waals surface area contributed by atoms with Gasteiger partial charge in [0.15, 0.2) is 0 Å². The first-order chi connectivity index (χ1) is 4.04. The summed E-state index contributed by atoms with van der Waals surface area (Å²) in [5.41, 5.74) is -1.06. The maximum atomic E-state index is 9.88. The molecule has 0 radical (unpaired) electrons. The van der Waals surface area contributed by atoms with Gasteiger partial charge in [-0.15, -0.1) is 11.6 Å². The SMILES string of the molecule is CC(Cl)C(O)OC(=O)Cl. The number of ether oxygens (including phenoxy) is 1. The number of rotatable bonds is 2. The molecule has 2 unspecified atom stereocenters.